The van der Waals surface area contributed by atoms with Gasteiger partial charge in [-0.2, -0.15) is 0 Å². The van der Waals surface area contributed by atoms with Gasteiger partial charge in [-0.05, 0) is 39.7 Å². The lowest BCUT2D eigenvalue weighted by atomic mass is 10.2. The molecule has 0 aromatic rings. The zero-order valence-electron chi connectivity index (χ0n) is 11.6. The Kier molecular flexibility index (Phi) is 8.90. The molecule has 0 aromatic carbocycles. The van der Waals surface area contributed by atoms with Crippen LogP contribution in [0.1, 0.15) is 41.0 Å². The summed E-state index contributed by atoms with van der Waals surface area (Å²) in [5, 5.41) is 3.34. The van der Waals surface area contributed by atoms with E-state index in [0.29, 0.717) is 5.92 Å². The molecular weight excluding hydrogens is 202 g/mol. The van der Waals surface area contributed by atoms with E-state index in [4.69, 9.17) is 9.47 Å². The molecular formula is C13H29NO2. The predicted octanol–water partition coefficient (Wildman–Crippen LogP) is 2.45. The predicted molar refractivity (Wildman–Crippen MR) is 68.8 cm³/mol. The molecule has 0 aromatic heterocycles. The van der Waals surface area contributed by atoms with E-state index in [2.05, 4.69) is 39.9 Å². The van der Waals surface area contributed by atoms with Crippen LogP contribution in [-0.2, 0) is 9.47 Å². The Balaban J connectivity index is 3.05. The molecule has 0 amide bonds. The fraction of sp³-hybridized carbons (Fsp3) is 1.00. The first-order valence-corrected chi connectivity index (χ1v) is 6.34. The molecule has 3 nitrogen and oxygen atoms in total. The van der Waals surface area contributed by atoms with Gasteiger partial charge in [-0.3, -0.25) is 0 Å². The lowest BCUT2D eigenvalue weighted by Crippen LogP contribution is -2.27. The molecule has 0 aliphatic heterocycles. The van der Waals surface area contributed by atoms with Gasteiger partial charge in [0, 0.05) is 19.8 Å². The van der Waals surface area contributed by atoms with Crippen molar-refractivity contribution in [2.24, 2.45) is 5.92 Å². The highest BCUT2D eigenvalue weighted by Crippen LogP contribution is 2.04. The van der Waals surface area contributed by atoms with Crippen molar-refractivity contribution < 1.29 is 9.47 Å². The largest absolute Gasteiger partial charge is 0.381 e. The van der Waals surface area contributed by atoms with E-state index in [9.17, 15) is 0 Å². The summed E-state index contributed by atoms with van der Waals surface area (Å²) in [6, 6.07) is 0. The van der Waals surface area contributed by atoms with Crippen LogP contribution in [0.25, 0.3) is 0 Å². The quantitative estimate of drug-likeness (QED) is 0.618. The number of hydrogen-bond acceptors (Lipinski definition) is 3. The van der Waals surface area contributed by atoms with Crippen molar-refractivity contribution in [1.29, 1.82) is 0 Å². The molecule has 0 fully saturated rings. The molecule has 0 aliphatic carbocycles. The summed E-state index contributed by atoms with van der Waals surface area (Å²) in [5.74, 6) is 0.633. The van der Waals surface area contributed by atoms with Crippen LogP contribution in [0.5, 0.6) is 0 Å². The second-order valence-electron chi connectivity index (χ2n) is 5.53. The first-order valence-electron chi connectivity index (χ1n) is 6.34. The maximum atomic E-state index is 5.59. The summed E-state index contributed by atoms with van der Waals surface area (Å²) in [4.78, 5) is 0. The first-order chi connectivity index (χ1) is 7.42. The lowest BCUT2D eigenvalue weighted by Gasteiger charge is -2.19. The first kappa shape index (κ1) is 15.9. The van der Waals surface area contributed by atoms with E-state index in [1.807, 2.05) is 0 Å². The van der Waals surface area contributed by atoms with E-state index in [0.717, 1.165) is 39.3 Å². The third kappa shape index (κ3) is 13.9. The molecule has 0 unspecified atom stereocenters. The molecule has 0 heterocycles. The minimum Gasteiger partial charge on any atom is -0.381 e. The molecule has 0 saturated carbocycles. The van der Waals surface area contributed by atoms with Crippen molar-refractivity contribution in [3.63, 3.8) is 0 Å². The lowest BCUT2D eigenvalue weighted by molar-refractivity contribution is -0.000942. The summed E-state index contributed by atoms with van der Waals surface area (Å²) in [5.41, 5.74) is -0.0257. The van der Waals surface area contributed by atoms with Crippen molar-refractivity contribution in [1.82, 2.24) is 5.32 Å². The SMILES string of the molecule is CC(C)COCCCNCCOC(C)(C)C. The van der Waals surface area contributed by atoms with Crippen molar-refractivity contribution in [3.8, 4) is 0 Å². The van der Waals surface area contributed by atoms with Crippen molar-refractivity contribution in [2.45, 2.75) is 46.6 Å². The third-order valence-corrected chi connectivity index (χ3v) is 1.91. The van der Waals surface area contributed by atoms with E-state index in [1.165, 1.54) is 0 Å². The van der Waals surface area contributed by atoms with Gasteiger partial charge in [0.2, 0.25) is 0 Å². The van der Waals surface area contributed by atoms with Gasteiger partial charge in [-0.15, -0.1) is 0 Å². The van der Waals surface area contributed by atoms with Gasteiger partial charge in [-0.25, -0.2) is 0 Å². The summed E-state index contributed by atoms with van der Waals surface area (Å²) in [6.45, 7) is 15.0. The Morgan fingerprint density at radius 1 is 1.06 bits per heavy atom. The second-order valence-corrected chi connectivity index (χ2v) is 5.53. The van der Waals surface area contributed by atoms with Crippen LogP contribution in [0.15, 0.2) is 0 Å². The Bertz CT molecular complexity index is 153. The van der Waals surface area contributed by atoms with Crippen LogP contribution in [0.2, 0.25) is 0 Å². The number of ether oxygens (including phenoxy) is 2. The molecule has 16 heavy (non-hydrogen) atoms. The molecule has 0 bridgehead atoms. The highest BCUT2D eigenvalue weighted by atomic mass is 16.5. The zero-order chi connectivity index (χ0) is 12.4. The molecule has 0 saturated heterocycles. The maximum Gasteiger partial charge on any atom is 0.0599 e. The summed E-state index contributed by atoms with van der Waals surface area (Å²) >= 11 is 0. The Morgan fingerprint density at radius 3 is 2.31 bits per heavy atom. The smallest absolute Gasteiger partial charge is 0.0599 e. The van der Waals surface area contributed by atoms with Gasteiger partial charge in [0.25, 0.3) is 0 Å². The maximum absolute atomic E-state index is 5.59. The van der Waals surface area contributed by atoms with Crippen LogP contribution < -0.4 is 5.32 Å². The van der Waals surface area contributed by atoms with Crippen molar-refractivity contribution in [2.75, 3.05) is 32.9 Å². The summed E-state index contributed by atoms with van der Waals surface area (Å²) < 4.78 is 11.1. The van der Waals surface area contributed by atoms with E-state index >= 15 is 0 Å². The Labute approximate surface area is 101 Å². The standard InChI is InChI=1S/C13H29NO2/c1-12(2)11-15-9-6-7-14-8-10-16-13(3,4)5/h12,14H,6-11H2,1-5H3. The van der Waals surface area contributed by atoms with E-state index in [-0.39, 0.29) is 5.60 Å². The van der Waals surface area contributed by atoms with E-state index < -0.39 is 0 Å². The van der Waals surface area contributed by atoms with Crippen LogP contribution >= 0.6 is 0 Å². The van der Waals surface area contributed by atoms with Gasteiger partial charge in [0.05, 0.1) is 12.2 Å². The third-order valence-electron chi connectivity index (χ3n) is 1.91. The second kappa shape index (κ2) is 8.97. The summed E-state index contributed by atoms with van der Waals surface area (Å²) in [6.07, 6.45) is 1.07. The highest BCUT2D eigenvalue weighted by molar-refractivity contribution is 4.59. The van der Waals surface area contributed by atoms with Gasteiger partial charge < -0.3 is 14.8 Å². The average Bonchev–Trinajstić information content (AvgIpc) is 2.13. The average molecular weight is 231 g/mol. The Morgan fingerprint density at radius 2 is 1.75 bits per heavy atom. The van der Waals surface area contributed by atoms with Crippen LogP contribution in [-0.4, -0.2) is 38.5 Å². The molecule has 0 atom stereocenters. The van der Waals surface area contributed by atoms with Crippen LogP contribution in [0.4, 0.5) is 0 Å². The fourth-order valence-corrected chi connectivity index (χ4v) is 1.17. The Hall–Kier alpha value is -0.120. The van der Waals surface area contributed by atoms with E-state index in [1.54, 1.807) is 0 Å². The van der Waals surface area contributed by atoms with Gasteiger partial charge in [-0.1, -0.05) is 13.8 Å². The number of nitrogens with one attached hydrogen (secondary N) is 1. The van der Waals surface area contributed by atoms with Gasteiger partial charge in [0.15, 0.2) is 0 Å². The van der Waals surface area contributed by atoms with Crippen molar-refractivity contribution >= 4 is 0 Å². The molecule has 1 N–H and O–H groups in total. The molecule has 98 valence electrons. The zero-order valence-corrected chi connectivity index (χ0v) is 11.6. The number of hydrogen-bond donors (Lipinski definition) is 1. The minimum absolute atomic E-state index is 0.0257. The van der Waals surface area contributed by atoms with Crippen molar-refractivity contribution in [3.05, 3.63) is 0 Å². The fourth-order valence-electron chi connectivity index (χ4n) is 1.17. The normalized spacial score (nSPS) is 12.4. The monoisotopic (exact) mass is 231 g/mol. The van der Waals surface area contributed by atoms with Gasteiger partial charge in [0.1, 0.15) is 0 Å². The minimum atomic E-state index is -0.0257. The summed E-state index contributed by atoms with van der Waals surface area (Å²) in [7, 11) is 0. The topological polar surface area (TPSA) is 30.5 Å². The number of rotatable bonds is 9. The van der Waals surface area contributed by atoms with Crippen LogP contribution in [0, 0.1) is 5.92 Å². The molecule has 0 aliphatic rings. The molecule has 0 radical (unpaired) electrons. The molecule has 0 rings (SSSR count). The highest BCUT2D eigenvalue weighted by Gasteiger charge is 2.08. The molecule has 0 spiro atoms. The van der Waals surface area contributed by atoms with Gasteiger partial charge >= 0.3 is 0 Å². The van der Waals surface area contributed by atoms with Crippen LogP contribution in [0.3, 0.4) is 0 Å². The molecule has 3 heteroatoms.